The molecule has 1 fully saturated rings. The van der Waals surface area contributed by atoms with Crippen LogP contribution in [-0.2, 0) is 15.7 Å². The minimum absolute atomic E-state index is 0.294. The number of rotatable bonds is 1. The first kappa shape index (κ1) is 14.0. The van der Waals surface area contributed by atoms with E-state index in [2.05, 4.69) is 0 Å². The molecule has 0 aromatic heterocycles. The van der Waals surface area contributed by atoms with Gasteiger partial charge in [0.2, 0.25) is 0 Å². The molecule has 5 heteroatoms. The monoisotopic (exact) mass is 278 g/mol. The van der Waals surface area contributed by atoms with Crippen LogP contribution < -0.4 is 5.46 Å². The van der Waals surface area contributed by atoms with E-state index in [0.29, 0.717) is 29.4 Å². The summed E-state index contributed by atoms with van der Waals surface area (Å²) in [6, 6.07) is 3.46. The SMILES string of the molecule is CC1(C)OB(c2ccc3c(c2F)CCC3O)OC1(C)C. The summed E-state index contributed by atoms with van der Waals surface area (Å²) in [6.07, 6.45) is 0.598. The summed E-state index contributed by atoms with van der Waals surface area (Å²) in [6.45, 7) is 7.79. The van der Waals surface area contributed by atoms with Crippen molar-refractivity contribution >= 4 is 12.6 Å². The number of aliphatic hydroxyl groups is 1. The van der Waals surface area contributed by atoms with E-state index < -0.39 is 24.4 Å². The molecule has 1 unspecified atom stereocenters. The summed E-state index contributed by atoms with van der Waals surface area (Å²) < 4.78 is 26.4. The Morgan fingerprint density at radius 3 is 2.40 bits per heavy atom. The maximum Gasteiger partial charge on any atom is 0.497 e. The van der Waals surface area contributed by atoms with Crippen molar-refractivity contribution in [3.8, 4) is 0 Å². The maximum absolute atomic E-state index is 14.6. The van der Waals surface area contributed by atoms with Gasteiger partial charge in [0.15, 0.2) is 0 Å². The summed E-state index contributed by atoms with van der Waals surface area (Å²) in [5, 5.41) is 9.80. The lowest BCUT2D eigenvalue weighted by molar-refractivity contribution is 0.00578. The fourth-order valence-corrected chi connectivity index (χ4v) is 2.81. The van der Waals surface area contributed by atoms with Gasteiger partial charge in [-0.25, -0.2) is 4.39 Å². The normalized spacial score (nSPS) is 26.9. The van der Waals surface area contributed by atoms with E-state index in [4.69, 9.17) is 9.31 Å². The number of halogens is 1. The Balaban J connectivity index is 1.98. The van der Waals surface area contributed by atoms with E-state index in [-0.39, 0.29) is 5.82 Å². The first-order valence-corrected chi connectivity index (χ1v) is 7.08. The van der Waals surface area contributed by atoms with Crippen LogP contribution in [0.5, 0.6) is 0 Å². The molecule has 0 radical (unpaired) electrons. The van der Waals surface area contributed by atoms with Gasteiger partial charge in [-0.15, -0.1) is 0 Å². The van der Waals surface area contributed by atoms with Crippen LogP contribution in [0, 0.1) is 5.82 Å². The van der Waals surface area contributed by atoms with Crippen molar-refractivity contribution in [2.45, 2.75) is 57.8 Å². The highest BCUT2D eigenvalue weighted by Gasteiger charge is 2.52. The van der Waals surface area contributed by atoms with Crippen LogP contribution in [0.4, 0.5) is 4.39 Å². The number of hydrogen-bond donors (Lipinski definition) is 1. The van der Waals surface area contributed by atoms with Crippen LogP contribution >= 0.6 is 0 Å². The predicted octanol–water partition coefficient (Wildman–Crippen LogP) is 2.10. The second-order valence-electron chi connectivity index (χ2n) is 6.68. The van der Waals surface area contributed by atoms with Gasteiger partial charge in [0.05, 0.1) is 17.3 Å². The van der Waals surface area contributed by atoms with E-state index in [1.54, 1.807) is 12.1 Å². The molecule has 0 amide bonds. The number of hydrogen-bond acceptors (Lipinski definition) is 3. The molecule has 1 aromatic carbocycles. The van der Waals surface area contributed by atoms with Gasteiger partial charge in [-0.05, 0) is 51.7 Å². The van der Waals surface area contributed by atoms with E-state index in [9.17, 15) is 9.50 Å². The number of benzene rings is 1. The van der Waals surface area contributed by atoms with E-state index >= 15 is 0 Å². The minimum atomic E-state index is -0.692. The van der Waals surface area contributed by atoms with Gasteiger partial charge < -0.3 is 14.4 Å². The van der Waals surface area contributed by atoms with Crippen molar-refractivity contribution in [1.29, 1.82) is 0 Å². The van der Waals surface area contributed by atoms with Gasteiger partial charge in [-0.2, -0.15) is 0 Å². The molecule has 1 aromatic rings. The van der Waals surface area contributed by atoms with Crippen LogP contribution in [0.1, 0.15) is 51.3 Å². The maximum atomic E-state index is 14.6. The molecular formula is C15H20BFO3. The van der Waals surface area contributed by atoms with Gasteiger partial charge >= 0.3 is 7.12 Å². The molecule has 3 rings (SSSR count). The molecule has 1 heterocycles. The number of fused-ring (bicyclic) bond motifs is 1. The lowest BCUT2D eigenvalue weighted by Crippen LogP contribution is -2.41. The molecule has 0 bridgehead atoms. The van der Waals surface area contributed by atoms with Gasteiger partial charge in [0.25, 0.3) is 0 Å². The molecule has 108 valence electrons. The smallest absolute Gasteiger partial charge is 0.399 e. The average molecular weight is 278 g/mol. The third-order valence-corrected chi connectivity index (χ3v) is 4.84. The molecular weight excluding hydrogens is 258 g/mol. The molecule has 0 spiro atoms. The molecule has 1 atom stereocenters. The third kappa shape index (κ3) is 1.91. The van der Waals surface area contributed by atoms with Crippen molar-refractivity contribution in [2.24, 2.45) is 0 Å². The molecule has 1 saturated heterocycles. The van der Waals surface area contributed by atoms with Crippen LogP contribution in [-0.4, -0.2) is 23.4 Å². The van der Waals surface area contributed by atoms with Crippen LogP contribution in [0.3, 0.4) is 0 Å². The van der Waals surface area contributed by atoms with E-state index in [1.165, 1.54) is 0 Å². The summed E-state index contributed by atoms with van der Waals surface area (Å²) in [5.74, 6) is -0.294. The first-order chi connectivity index (χ1) is 9.23. The fraction of sp³-hybridized carbons (Fsp3) is 0.600. The molecule has 20 heavy (non-hydrogen) atoms. The van der Waals surface area contributed by atoms with E-state index in [1.807, 2.05) is 27.7 Å². The zero-order valence-corrected chi connectivity index (χ0v) is 12.4. The molecule has 3 nitrogen and oxygen atoms in total. The van der Waals surface area contributed by atoms with Gasteiger partial charge in [-0.3, -0.25) is 0 Å². The Bertz CT molecular complexity index is 540. The van der Waals surface area contributed by atoms with E-state index in [0.717, 1.165) is 0 Å². The Morgan fingerprint density at radius 1 is 1.20 bits per heavy atom. The Hall–Kier alpha value is -0.905. The average Bonchev–Trinajstić information content (AvgIpc) is 2.79. The Labute approximate surface area is 119 Å². The summed E-state index contributed by atoms with van der Waals surface area (Å²) >= 11 is 0. The molecule has 2 aliphatic rings. The van der Waals surface area contributed by atoms with Crippen molar-refractivity contribution in [1.82, 2.24) is 0 Å². The molecule has 0 saturated carbocycles. The largest absolute Gasteiger partial charge is 0.497 e. The van der Waals surface area contributed by atoms with Crippen LogP contribution in [0.15, 0.2) is 12.1 Å². The first-order valence-electron chi connectivity index (χ1n) is 7.08. The predicted molar refractivity (Wildman–Crippen MR) is 75.4 cm³/mol. The highest BCUT2D eigenvalue weighted by Crippen LogP contribution is 2.38. The molecule has 1 aliphatic carbocycles. The highest BCUT2D eigenvalue weighted by atomic mass is 19.1. The van der Waals surface area contributed by atoms with Crippen LogP contribution in [0.25, 0.3) is 0 Å². The summed E-state index contributed by atoms with van der Waals surface area (Å²) in [4.78, 5) is 0. The van der Waals surface area contributed by atoms with Gasteiger partial charge in [0.1, 0.15) is 5.82 Å². The number of aliphatic hydroxyl groups excluding tert-OH is 1. The van der Waals surface area contributed by atoms with Crippen molar-refractivity contribution in [3.05, 3.63) is 29.1 Å². The quantitative estimate of drug-likeness (QED) is 0.800. The zero-order valence-electron chi connectivity index (χ0n) is 12.4. The lowest BCUT2D eigenvalue weighted by Gasteiger charge is -2.32. The minimum Gasteiger partial charge on any atom is -0.399 e. The molecule has 1 aliphatic heterocycles. The summed E-state index contributed by atoms with van der Waals surface area (Å²) in [7, 11) is -0.692. The molecule has 1 N–H and O–H groups in total. The third-order valence-electron chi connectivity index (χ3n) is 4.84. The van der Waals surface area contributed by atoms with Crippen molar-refractivity contribution in [2.75, 3.05) is 0 Å². The van der Waals surface area contributed by atoms with Gasteiger partial charge in [0, 0.05) is 5.46 Å². The standard InChI is InChI=1S/C15H20BFO3/c1-14(2)15(3,4)20-16(19-14)11-7-5-9-10(13(11)17)6-8-12(9)18/h5,7,12,18H,6,8H2,1-4H3. The Kier molecular flexibility index (Phi) is 3.02. The second-order valence-corrected chi connectivity index (χ2v) is 6.68. The van der Waals surface area contributed by atoms with Gasteiger partial charge in [-0.1, -0.05) is 12.1 Å². The fourth-order valence-electron chi connectivity index (χ4n) is 2.81. The highest BCUT2D eigenvalue weighted by molar-refractivity contribution is 6.62. The van der Waals surface area contributed by atoms with Crippen molar-refractivity contribution < 1.29 is 18.8 Å². The topological polar surface area (TPSA) is 38.7 Å². The Morgan fingerprint density at radius 2 is 1.80 bits per heavy atom. The lowest BCUT2D eigenvalue weighted by atomic mass is 9.77. The zero-order chi connectivity index (χ0) is 14.7. The summed E-state index contributed by atoms with van der Waals surface area (Å²) in [5.41, 5.74) is 0.759. The van der Waals surface area contributed by atoms with Crippen molar-refractivity contribution in [3.63, 3.8) is 0 Å². The van der Waals surface area contributed by atoms with Crippen LogP contribution in [0.2, 0.25) is 0 Å². The second kappa shape index (κ2) is 4.29.